The summed E-state index contributed by atoms with van der Waals surface area (Å²) >= 11 is 3.48. The van der Waals surface area contributed by atoms with Gasteiger partial charge in [-0.25, -0.2) is 9.67 Å². The minimum absolute atomic E-state index is 0.0621. The van der Waals surface area contributed by atoms with Gasteiger partial charge >= 0.3 is 0 Å². The molecule has 0 aliphatic carbocycles. The summed E-state index contributed by atoms with van der Waals surface area (Å²) in [5.74, 6) is 0.0621. The molecule has 0 unspecified atom stereocenters. The van der Waals surface area contributed by atoms with Crippen molar-refractivity contribution in [1.29, 1.82) is 0 Å². The fourth-order valence-corrected chi connectivity index (χ4v) is 5.58. The molecule has 0 saturated carbocycles. The van der Waals surface area contributed by atoms with E-state index in [9.17, 15) is 4.79 Å². The van der Waals surface area contributed by atoms with Crippen molar-refractivity contribution in [3.05, 3.63) is 56.7 Å². The van der Waals surface area contributed by atoms with E-state index in [0.717, 1.165) is 34.6 Å². The Hall–Kier alpha value is -2.51. The molecule has 5 heterocycles. The van der Waals surface area contributed by atoms with Gasteiger partial charge in [0.05, 0.1) is 27.7 Å². The molecule has 5 nitrogen and oxygen atoms in total. The Bertz CT molecular complexity index is 1220. The van der Waals surface area contributed by atoms with E-state index in [2.05, 4.69) is 49.4 Å². The summed E-state index contributed by atoms with van der Waals surface area (Å²) in [6.07, 6.45) is 2.72. The first kappa shape index (κ1) is 18.5. The quantitative estimate of drug-likeness (QED) is 0.450. The number of carbonyl (C=O) groups is 1. The van der Waals surface area contributed by atoms with E-state index in [1.54, 1.807) is 28.9 Å². The van der Waals surface area contributed by atoms with E-state index >= 15 is 0 Å². The highest BCUT2D eigenvalue weighted by Crippen LogP contribution is 2.32. The van der Waals surface area contributed by atoms with Crippen molar-refractivity contribution in [2.24, 2.45) is 0 Å². The lowest BCUT2D eigenvalue weighted by molar-refractivity contribution is 0.0738. The zero-order valence-electron chi connectivity index (χ0n) is 16.7. The van der Waals surface area contributed by atoms with Gasteiger partial charge < -0.3 is 4.90 Å². The molecule has 0 saturated heterocycles. The molecule has 0 atom stereocenters. The minimum atomic E-state index is 0.0621. The van der Waals surface area contributed by atoms with Crippen molar-refractivity contribution in [2.45, 2.75) is 39.8 Å². The number of aryl methyl sites for hydroxylation is 1. The molecule has 29 heavy (non-hydrogen) atoms. The molecule has 7 heteroatoms. The Morgan fingerprint density at radius 3 is 2.86 bits per heavy atom. The first-order valence-corrected chi connectivity index (χ1v) is 11.5. The number of amides is 1. The zero-order valence-corrected chi connectivity index (χ0v) is 18.3. The Morgan fingerprint density at radius 1 is 1.24 bits per heavy atom. The largest absolute Gasteiger partial charge is 0.334 e. The first-order valence-electron chi connectivity index (χ1n) is 9.81. The van der Waals surface area contributed by atoms with Crippen molar-refractivity contribution < 1.29 is 4.79 Å². The summed E-state index contributed by atoms with van der Waals surface area (Å²) in [4.78, 5) is 24.1. The highest BCUT2D eigenvalue weighted by molar-refractivity contribution is 7.15. The van der Waals surface area contributed by atoms with E-state index in [4.69, 9.17) is 4.98 Å². The monoisotopic (exact) mass is 422 g/mol. The van der Waals surface area contributed by atoms with Gasteiger partial charge in [0.2, 0.25) is 0 Å². The second-order valence-electron chi connectivity index (χ2n) is 7.73. The maximum Gasteiger partial charge on any atom is 0.255 e. The molecule has 5 rings (SSSR count). The molecule has 0 bridgehead atoms. The van der Waals surface area contributed by atoms with E-state index < -0.39 is 0 Å². The van der Waals surface area contributed by atoms with Gasteiger partial charge in [-0.3, -0.25) is 4.79 Å². The van der Waals surface area contributed by atoms with Crippen LogP contribution in [0.25, 0.3) is 21.6 Å². The maximum absolute atomic E-state index is 13.6. The summed E-state index contributed by atoms with van der Waals surface area (Å²) in [5.41, 5.74) is 3.59. The van der Waals surface area contributed by atoms with Crippen LogP contribution in [0.1, 0.15) is 45.6 Å². The highest BCUT2D eigenvalue weighted by atomic mass is 32.1. The van der Waals surface area contributed by atoms with Crippen molar-refractivity contribution in [2.75, 3.05) is 6.54 Å². The molecule has 148 valence electrons. The highest BCUT2D eigenvalue weighted by Gasteiger charge is 2.26. The van der Waals surface area contributed by atoms with Gasteiger partial charge in [-0.15, -0.1) is 22.7 Å². The SMILES string of the molecule is Cc1ccc(-c2cc(C(=O)N3CCc4sccc4C3)c3cnn(C(C)C)c3n2)s1. The average Bonchev–Trinajstić information content (AvgIpc) is 3.44. The van der Waals surface area contributed by atoms with Gasteiger partial charge in [0.25, 0.3) is 5.91 Å². The summed E-state index contributed by atoms with van der Waals surface area (Å²) < 4.78 is 1.91. The molecule has 4 aromatic rings. The maximum atomic E-state index is 13.6. The lowest BCUT2D eigenvalue weighted by Gasteiger charge is -2.27. The third kappa shape index (κ3) is 3.18. The molecule has 1 aliphatic heterocycles. The minimum Gasteiger partial charge on any atom is -0.334 e. The van der Waals surface area contributed by atoms with Crippen LogP contribution in [-0.2, 0) is 13.0 Å². The molecule has 0 fully saturated rings. The summed E-state index contributed by atoms with van der Waals surface area (Å²) in [5, 5.41) is 7.49. The summed E-state index contributed by atoms with van der Waals surface area (Å²) in [7, 11) is 0. The average molecular weight is 423 g/mol. The van der Waals surface area contributed by atoms with Gasteiger partial charge in [-0.2, -0.15) is 5.10 Å². The van der Waals surface area contributed by atoms with E-state index in [-0.39, 0.29) is 11.9 Å². The van der Waals surface area contributed by atoms with Crippen molar-refractivity contribution >= 4 is 39.6 Å². The topological polar surface area (TPSA) is 51.0 Å². The van der Waals surface area contributed by atoms with E-state index in [0.29, 0.717) is 12.1 Å². The zero-order chi connectivity index (χ0) is 20.1. The van der Waals surface area contributed by atoms with Gasteiger partial charge in [0.15, 0.2) is 5.65 Å². The number of hydrogen-bond donors (Lipinski definition) is 0. The molecule has 0 spiro atoms. The molecular formula is C22H22N4OS2. The fraction of sp³-hybridized carbons (Fsp3) is 0.318. The Balaban J connectivity index is 1.63. The van der Waals surface area contributed by atoms with Crippen LogP contribution in [0, 0.1) is 6.92 Å². The van der Waals surface area contributed by atoms with E-state index in [1.165, 1.54) is 15.3 Å². The predicted molar refractivity (Wildman–Crippen MR) is 119 cm³/mol. The van der Waals surface area contributed by atoms with Crippen LogP contribution in [0.5, 0.6) is 0 Å². The molecule has 1 amide bonds. The van der Waals surface area contributed by atoms with Gasteiger partial charge in [0.1, 0.15) is 0 Å². The van der Waals surface area contributed by atoms with Gasteiger partial charge in [-0.1, -0.05) is 0 Å². The first-order chi connectivity index (χ1) is 14.0. The van der Waals surface area contributed by atoms with Crippen LogP contribution in [0.15, 0.2) is 35.8 Å². The van der Waals surface area contributed by atoms with Crippen LogP contribution in [0.2, 0.25) is 0 Å². The number of fused-ring (bicyclic) bond motifs is 2. The summed E-state index contributed by atoms with van der Waals surface area (Å²) in [6, 6.07) is 8.43. The van der Waals surface area contributed by atoms with Crippen LogP contribution in [0.4, 0.5) is 0 Å². The molecular weight excluding hydrogens is 400 g/mol. The fourth-order valence-electron chi connectivity index (χ4n) is 3.86. The number of nitrogens with zero attached hydrogens (tertiary/aromatic N) is 4. The van der Waals surface area contributed by atoms with Crippen molar-refractivity contribution in [3.63, 3.8) is 0 Å². The second kappa shape index (κ2) is 7.07. The molecule has 1 aliphatic rings. The number of carbonyl (C=O) groups excluding carboxylic acids is 1. The Labute approximate surface area is 177 Å². The van der Waals surface area contributed by atoms with Crippen LogP contribution < -0.4 is 0 Å². The number of aromatic nitrogens is 3. The number of hydrogen-bond acceptors (Lipinski definition) is 5. The molecule has 0 radical (unpaired) electrons. The third-order valence-electron chi connectivity index (χ3n) is 5.37. The standard InChI is InChI=1S/C22H22N4OS2/c1-13(2)26-21-17(11-23-26)16(10-18(24-21)20-5-4-14(3)29-20)22(27)25-8-6-19-15(12-25)7-9-28-19/h4-5,7,9-11,13H,6,8,12H2,1-3H3. The normalized spacial score (nSPS) is 14.0. The lowest BCUT2D eigenvalue weighted by atomic mass is 10.1. The second-order valence-corrected chi connectivity index (χ2v) is 10.0. The van der Waals surface area contributed by atoms with Crippen LogP contribution in [-0.4, -0.2) is 32.1 Å². The molecule has 0 N–H and O–H groups in total. The Morgan fingerprint density at radius 2 is 2.10 bits per heavy atom. The number of thiophene rings is 2. The third-order valence-corrected chi connectivity index (χ3v) is 7.42. The summed E-state index contributed by atoms with van der Waals surface area (Å²) in [6.45, 7) is 7.68. The lowest BCUT2D eigenvalue weighted by Crippen LogP contribution is -2.35. The van der Waals surface area contributed by atoms with Crippen molar-refractivity contribution in [1.82, 2.24) is 19.7 Å². The van der Waals surface area contributed by atoms with Crippen LogP contribution in [0.3, 0.4) is 0 Å². The number of pyridine rings is 1. The van der Waals surface area contributed by atoms with Crippen LogP contribution >= 0.6 is 22.7 Å². The predicted octanol–water partition coefficient (Wildman–Crippen LogP) is 5.31. The Kier molecular flexibility index (Phi) is 4.52. The van der Waals surface area contributed by atoms with E-state index in [1.807, 2.05) is 15.6 Å². The number of rotatable bonds is 3. The smallest absolute Gasteiger partial charge is 0.255 e. The molecule has 4 aromatic heterocycles. The van der Waals surface area contributed by atoms with Crippen molar-refractivity contribution in [3.8, 4) is 10.6 Å². The van der Waals surface area contributed by atoms with Gasteiger partial charge in [0, 0.05) is 28.9 Å². The molecule has 0 aromatic carbocycles. The van der Waals surface area contributed by atoms with Gasteiger partial charge in [-0.05, 0) is 62.4 Å².